The number of methoxy groups -OCH3 is 1. The number of fused-ring (bicyclic) bond motifs is 1. The highest BCUT2D eigenvalue weighted by atomic mass is 16.5. The second-order valence-electron chi connectivity index (χ2n) is 8.30. The van der Waals surface area contributed by atoms with Gasteiger partial charge in [-0.25, -0.2) is 9.79 Å². The standard InChI is InChI=1S/C22H32N6O3/c1-25-19-18(20(29)24-22(25)30)28(15-16-31-2)21(23-19)27-13-11-26(12-14-27)10-6-9-17-7-4-3-5-8-17/h3-5,7-8,18-19H,6,9-16H2,1-2H3,(H,24,29,30). The van der Waals surface area contributed by atoms with Gasteiger partial charge in [0.15, 0.2) is 18.2 Å². The quantitative estimate of drug-likeness (QED) is 0.679. The number of rotatable bonds is 7. The highest BCUT2D eigenvalue weighted by Gasteiger charge is 2.49. The first-order valence-corrected chi connectivity index (χ1v) is 11.0. The van der Waals surface area contributed by atoms with E-state index in [-0.39, 0.29) is 5.91 Å². The number of nitrogens with one attached hydrogen (secondary N) is 1. The van der Waals surface area contributed by atoms with Gasteiger partial charge in [-0.05, 0) is 24.9 Å². The summed E-state index contributed by atoms with van der Waals surface area (Å²) in [5.74, 6) is 0.509. The average molecular weight is 429 g/mol. The van der Waals surface area contributed by atoms with E-state index >= 15 is 0 Å². The van der Waals surface area contributed by atoms with Crippen molar-refractivity contribution < 1.29 is 14.3 Å². The number of aryl methyl sites for hydroxylation is 1. The fourth-order valence-electron chi connectivity index (χ4n) is 4.53. The summed E-state index contributed by atoms with van der Waals surface area (Å²) in [6.07, 6.45) is 1.75. The lowest BCUT2D eigenvalue weighted by molar-refractivity contribution is -0.127. The van der Waals surface area contributed by atoms with E-state index in [1.807, 2.05) is 4.90 Å². The number of nitrogens with zero attached hydrogens (tertiary/aromatic N) is 5. The maximum atomic E-state index is 12.6. The Morgan fingerprint density at radius 1 is 1.10 bits per heavy atom. The van der Waals surface area contributed by atoms with Crippen molar-refractivity contribution in [3.05, 3.63) is 35.9 Å². The summed E-state index contributed by atoms with van der Waals surface area (Å²) in [7, 11) is 3.33. The second-order valence-corrected chi connectivity index (χ2v) is 8.30. The third-order valence-corrected chi connectivity index (χ3v) is 6.31. The molecule has 4 rings (SSSR count). The molecule has 3 aliphatic rings. The highest BCUT2D eigenvalue weighted by molar-refractivity contribution is 6.03. The Bertz CT molecular complexity index is 809. The molecule has 3 aliphatic heterocycles. The molecule has 3 amide bonds. The molecule has 2 saturated heterocycles. The van der Waals surface area contributed by atoms with Crippen molar-refractivity contribution in [3.8, 4) is 0 Å². The molecule has 1 aromatic rings. The Hall–Kier alpha value is -2.65. The number of imide groups is 1. The third kappa shape index (κ3) is 4.67. The molecule has 168 valence electrons. The lowest BCUT2D eigenvalue weighted by Gasteiger charge is -2.40. The van der Waals surface area contributed by atoms with E-state index in [1.165, 1.54) is 10.5 Å². The topological polar surface area (TPSA) is 80.7 Å². The number of ether oxygens (including phenoxy) is 1. The van der Waals surface area contributed by atoms with Crippen LogP contribution < -0.4 is 5.32 Å². The molecular weight excluding hydrogens is 396 g/mol. The number of guanidine groups is 1. The predicted molar refractivity (Wildman–Crippen MR) is 118 cm³/mol. The molecule has 1 aromatic carbocycles. The largest absolute Gasteiger partial charge is 0.383 e. The first-order valence-electron chi connectivity index (χ1n) is 11.0. The minimum atomic E-state index is -0.503. The van der Waals surface area contributed by atoms with E-state index in [2.05, 4.69) is 45.4 Å². The number of amides is 3. The number of urea groups is 1. The van der Waals surface area contributed by atoms with Gasteiger partial charge in [0.25, 0.3) is 5.91 Å². The summed E-state index contributed by atoms with van der Waals surface area (Å²) in [5, 5.41) is 2.44. The molecule has 0 saturated carbocycles. The van der Waals surface area contributed by atoms with Crippen LogP contribution >= 0.6 is 0 Å². The lowest BCUT2D eigenvalue weighted by atomic mass is 10.1. The molecule has 0 aromatic heterocycles. The second kappa shape index (κ2) is 9.65. The van der Waals surface area contributed by atoms with E-state index in [0.717, 1.165) is 51.5 Å². The van der Waals surface area contributed by atoms with E-state index < -0.39 is 18.2 Å². The van der Waals surface area contributed by atoms with Crippen molar-refractivity contribution >= 4 is 17.9 Å². The summed E-state index contributed by atoms with van der Waals surface area (Å²) in [4.78, 5) is 37.7. The van der Waals surface area contributed by atoms with Crippen molar-refractivity contribution in [2.75, 3.05) is 60.0 Å². The SMILES string of the molecule is COCCN1C(N2CCN(CCCc3ccccc3)CC2)=NC2C1C(=O)NC(=O)N2C. The van der Waals surface area contributed by atoms with Gasteiger partial charge in [-0.1, -0.05) is 30.3 Å². The van der Waals surface area contributed by atoms with Gasteiger partial charge < -0.3 is 19.4 Å². The number of hydrogen-bond acceptors (Lipinski definition) is 7. The zero-order chi connectivity index (χ0) is 21.8. The van der Waals surface area contributed by atoms with Gasteiger partial charge in [0.05, 0.1) is 6.61 Å². The summed E-state index contributed by atoms with van der Waals surface area (Å²) < 4.78 is 5.26. The lowest BCUT2D eigenvalue weighted by Crippen LogP contribution is -2.65. The molecule has 2 fully saturated rings. The fourth-order valence-corrected chi connectivity index (χ4v) is 4.53. The van der Waals surface area contributed by atoms with Crippen molar-refractivity contribution in [1.82, 2.24) is 24.9 Å². The predicted octanol–water partition coefficient (Wildman–Crippen LogP) is 0.431. The Morgan fingerprint density at radius 2 is 1.84 bits per heavy atom. The molecule has 9 nitrogen and oxygen atoms in total. The highest BCUT2D eigenvalue weighted by Crippen LogP contribution is 2.25. The number of hydrogen-bond donors (Lipinski definition) is 1. The smallest absolute Gasteiger partial charge is 0.325 e. The molecule has 2 atom stereocenters. The average Bonchev–Trinajstić information content (AvgIpc) is 3.17. The number of carbonyl (C=O) groups excluding carboxylic acids is 2. The molecule has 0 spiro atoms. The van der Waals surface area contributed by atoms with Gasteiger partial charge in [-0.15, -0.1) is 0 Å². The molecule has 31 heavy (non-hydrogen) atoms. The van der Waals surface area contributed by atoms with Crippen LogP contribution in [0.1, 0.15) is 12.0 Å². The first kappa shape index (κ1) is 21.6. The molecule has 0 aliphatic carbocycles. The van der Waals surface area contributed by atoms with Crippen molar-refractivity contribution in [3.63, 3.8) is 0 Å². The molecule has 9 heteroatoms. The molecule has 3 heterocycles. The first-order chi connectivity index (χ1) is 15.1. The number of aliphatic imine (C=N–C) groups is 1. The van der Waals surface area contributed by atoms with Gasteiger partial charge >= 0.3 is 6.03 Å². The van der Waals surface area contributed by atoms with Crippen LogP contribution in [0, 0.1) is 0 Å². The van der Waals surface area contributed by atoms with E-state index in [0.29, 0.717) is 13.2 Å². The van der Waals surface area contributed by atoms with Gasteiger partial charge in [0, 0.05) is 46.9 Å². The molecule has 0 bridgehead atoms. The van der Waals surface area contributed by atoms with Gasteiger partial charge in [0.1, 0.15) is 0 Å². The number of benzene rings is 1. The van der Waals surface area contributed by atoms with Crippen molar-refractivity contribution in [2.24, 2.45) is 4.99 Å². The zero-order valence-electron chi connectivity index (χ0n) is 18.4. The Morgan fingerprint density at radius 3 is 2.55 bits per heavy atom. The normalized spacial score (nSPS) is 24.3. The van der Waals surface area contributed by atoms with E-state index in [9.17, 15) is 9.59 Å². The zero-order valence-corrected chi connectivity index (χ0v) is 18.4. The van der Waals surface area contributed by atoms with Gasteiger partial charge in [-0.3, -0.25) is 15.0 Å². The maximum Gasteiger partial charge on any atom is 0.325 e. The van der Waals surface area contributed by atoms with Gasteiger partial charge in [-0.2, -0.15) is 0 Å². The summed E-state index contributed by atoms with van der Waals surface area (Å²) >= 11 is 0. The van der Waals surface area contributed by atoms with E-state index in [4.69, 9.17) is 9.73 Å². The van der Waals surface area contributed by atoms with Crippen LogP contribution in [-0.4, -0.2) is 110 Å². The van der Waals surface area contributed by atoms with Crippen LogP contribution in [0.4, 0.5) is 4.79 Å². The third-order valence-electron chi connectivity index (χ3n) is 6.31. The van der Waals surface area contributed by atoms with E-state index in [1.54, 1.807) is 14.2 Å². The monoisotopic (exact) mass is 428 g/mol. The fraction of sp³-hybridized carbons (Fsp3) is 0.591. The van der Waals surface area contributed by atoms with Crippen molar-refractivity contribution in [1.29, 1.82) is 0 Å². The molecule has 0 radical (unpaired) electrons. The van der Waals surface area contributed by atoms with Gasteiger partial charge in [0.2, 0.25) is 0 Å². The van der Waals surface area contributed by atoms with Crippen LogP contribution in [0.5, 0.6) is 0 Å². The van der Waals surface area contributed by atoms with Crippen LogP contribution in [0.2, 0.25) is 0 Å². The summed E-state index contributed by atoms with van der Waals surface area (Å²) in [5.41, 5.74) is 1.38. The molecule has 2 unspecified atom stereocenters. The van der Waals surface area contributed by atoms with Crippen LogP contribution in [0.3, 0.4) is 0 Å². The molecule has 1 N–H and O–H groups in total. The Balaban J connectivity index is 1.35. The van der Waals surface area contributed by atoms with Crippen molar-refractivity contribution in [2.45, 2.75) is 25.0 Å². The minimum absolute atomic E-state index is 0.289. The van der Waals surface area contributed by atoms with Crippen LogP contribution in [0.25, 0.3) is 0 Å². The Kier molecular flexibility index (Phi) is 6.72. The number of carbonyl (C=O) groups is 2. The van der Waals surface area contributed by atoms with Crippen LogP contribution in [-0.2, 0) is 16.0 Å². The van der Waals surface area contributed by atoms with Crippen LogP contribution in [0.15, 0.2) is 35.3 Å². The number of likely N-dealkylation sites (N-methyl/N-ethyl adjacent to an activating group) is 1. The number of piperazine rings is 1. The summed E-state index contributed by atoms with van der Waals surface area (Å²) in [6, 6.07) is 9.70. The summed E-state index contributed by atoms with van der Waals surface area (Å²) in [6.45, 7) is 5.76. The maximum absolute atomic E-state index is 12.6. The molecular formula is C22H32N6O3. The Labute approximate surface area is 183 Å². The minimum Gasteiger partial charge on any atom is -0.383 e.